The number of carbonyl (C=O) groups is 1. The van der Waals surface area contributed by atoms with E-state index in [1.807, 2.05) is 30.3 Å². The Kier molecular flexibility index (Phi) is 3.23. The van der Waals surface area contributed by atoms with E-state index in [-0.39, 0.29) is 11.3 Å². The van der Waals surface area contributed by atoms with Crippen LogP contribution in [0.2, 0.25) is 0 Å². The lowest BCUT2D eigenvalue weighted by molar-refractivity contribution is -0.117. The van der Waals surface area contributed by atoms with Gasteiger partial charge in [-0.1, -0.05) is 30.3 Å². The third-order valence-corrected chi connectivity index (χ3v) is 4.53. The zero-order valence-corrected chi connectivity index (χ0v) is 11.6. The van der Waals surface area contributed by atoms with Crippen LogP contribution in [0, 0.1) is 5.41 Å². The van der Waals surface area contributed by atoms with E-state index in [0.717, 1.165) is 29.7 Å². The summed E-state index contributed by atoms with van der Waals surface area (Å²) in [5.41, 5.74) is 1.04. The largest absolute Gasteiger partial charge is 0.326 e. The lowest BCUT2D eigenvalue weighted by atomic mass is 10.0. The van der Waals surface area contributed by atoms with Gasteiger partial charge in [0.05, 0.1) is 0 Å². The molecular weight excluding hydrogens is 254 g/mol. The fourth-order valence-electron chi connectivity index (χ4n) is 2.38. The average molecular weight is 271 g/mol. The number of benzene rings is 2. The highest BCUT2D eigenvalue weighted by molar-refractivity contribution is 7.80. The van der Waals surface area contributed by atoms with E-state index in [1.54, 1.807) is 0 Å². The summed E-state index contributed by atoms with van der Waals surface area (Å²) in [7, 11) is 0. The maximum atomic E-state index is 12.0. The molecule has 1 N–H and O–H groups in total. The van der Waals surface area contributed by atoms with Gasteiger partial charge in [0.2, 0.25) is 5.91 Å². The fourth-order valence-corrected chi connectivity index (χ4v) is 2.81. The molecule has 0 atom stereocenters. The molecule has 1 fully saturated rings. The zero-order valence-electron chi connectivity index (χ0n) is 10.7. The summed E-state index contributed by atoms with van der Waals surface area (Å²) in [6.45, 7) is 0. The van der Waals surface area contributed by atoms with Gasteiger partial charge in [-0.3, -0.25) is 4.79 Å². The van der Waals surface area contributed by atoms with E-state index < -0.39 is 0 Å². The third kappa shape index (κ3) is 2.76. The van der Waals surface area contributed by atoms with Gasteiger partial charge in [-0.25, -0.2) is 0 Å². The highest BCUT2D eigenvalue weighted by Crippen LogP contribution is 2.49. The molecule has 98 valence electrons. The minimum Gasteiger partial charge on any atom is -0.326 e. The van der Waals surface area contributed by atoms with E-state index in [0.29, 0.717) is 6.42 Å². The third-order valence-electron chi connectivity index (χ3n) is 3.86. The number of thiol groups is 1. The predicted octanol–water partition coefficient (Wildman–Crippen LogP) is 3.88. The quantitative estimate of drug-likeness (QED) is 0.812. The Morgan fingerprint density at radius 3 is 2.58 bits per heavy atom. The molecular formula is C16H17NOS. The summed E-state index contributed by atoms with van der Waals surface area (Å²) in [6, 6.07) is 14.2. The number of hydrogen-bond donors (Lipinski definition) is 2. The van der Waals surface area contributed by atoms with E-state index in [9.17, 15) is 4.79 Å². The first-order chi connectivity index (χ1) is 9.21. The van der Waals surface area contributed by atoms with Gasteiger partial charge in [0.25, 0.3) is 0 Å². The molecule has 0 unspecified atom stereocenters. The highest BCUT2D eigenvalue weighted by atomic mass is 32.1. The van der Waals surface area contributed by atoms with Crippen LogP contribution in [0.5, 0.6) is 0 Å². The maximum Gasteiger partial charge on any atom is 0.224 e. The lowest BCUT2D eigenvalue weighted by Crippen LogP contribution is -2.18. The van der Waals surface area contributed by atoms with Crippen molar-refractivity contribution < 1.29 is 4.79 Å². The molecule has 0 bridgehead atoms. The standard InChI is InChI=1S/C16H17NOS/c18-15(10-16(11-19)7-8-16)17-14-6-5-12-3-1-2-4-13(12)9-14/h1-6,9,19H,7-8,10-11H2,(H,17,18). The van der Waals surface area contributed by atoms with Crippen LogP contribution in [-0.4, -0.2) is 11.7 Å². The van der Waals surface area contributed by atoms with Crippen LogP contribution in [0.25, 0.3) is 10.8 Å². The molecule has 0 spiro atoms. The van der Waals surface area contributed by atoms with Crippen LogP contribution in [0.15, 0.2) is 42.5 Å². The van der Waals surface area contributed by atoms with Crippen molar-refractivity contribution in [3.63, 3.8) is 0 Å². The van der Waals surface area contributed by atoms with Gasteiger partial charge < -0.3 is 5.32 Å². The van der Waals surface area contributed by atoms with Gasteiger partial charge in [0.15, 0.2) is 0 Å². The molecule has 2 aromatic rings. The summed E-state index contributed by atoms with van der Waals surface area (Å²) in [5, 5.41) is 5.33. The molecule has 3 rings (SSSR count). The van der Waals surface area contributed by atoms with Crippen LogP contribution >= 0.6 is 12.6 Å². The smallest absolute Gasteiger partial charge is 0.224 e. The van der Waals surface area contributed by atoms with Gasteiger partial charge in [-0.05, 0) is 46.9 Å². The minimum atomic E-state index is 0.0989. The van der Waals surface area contributed by atoms with Crippen molar-refractivity contribution in [1.82, 2.24) is 0 Å². The van der Waals surface area contributed by atoms with Gasteiger partial charge in [0.1, 0.15) is 0 Å². The first-order valence-electron chi connectivity index (χ1n) is 6.60. The SMILES string of the molecule is O=C(CC1(CS)CC1)Nc1ccc2ccccc2c1. The summed E-state index contributed by atoms with van der Waals surface area (Å²) in [5.74, 6) is 0.903. The Hall–Kier alpha value is -1.48. The number of amides is 1. The van der Waals surface area contributed by atoms with Crippen molar-refractivity contribution in [3.8, 4) is 0 Å². The molecule has 2 aromatic carbocycles. The molecule has 0 heterocycles. The van der Waals surface area contributed by atoms with Crippen molar-refractivity contribution in [2.75, 3.05) is 11.1 Å². The summed E-state index contributed by atoms with van der Waals surface area (Å²) >= 11 is 4.33. The Morgan fingerprint density at radius 1 is 1.16 bits per heavy atom. The fraction of sp³-hybridized carbons (Fsp3) is 0.312. The minimum absolute atomic E-state index is 0.0989. The molecule has 1 saturated carbocycles. The van der Waals surface area contributed by atoms with Crippen LogP contribution in [0.3, 0.4) is 0 Å². The van der Waals surface area contributed by atoms with Gasteiger partial charge in [-0.15, -0.1) is 0 Å². The molecule has 0 aromatic heterocycles. The van der Waals surface area contributed by atoms with Crippen molar-refractivity contribution in [3.05, 3.63) is 42.5 Å². The number of carbonyl (C=O) groups excluding carboxylic acids is 1. The Morgan fingerprint density at radius 2 is 1.89 bits per heavy atom. The van der Waals surface area contributed by atoms with Crippen LogP contribution in [-0.2, 0) is 4.79 Å². The topological polar surface area (TPSA) is 29.1 Å². The predicted molar refractivity (Wildman–Crippen MR) is 82.7 cm³/mol. The molecule has 1 aliphatic rings. The molecule has 2 nitrogen and oxygen atoms in total. The second-order valence-corrected chi connectivity index (χ2v) is 5.76. The van der Waals surface area contributed by atoms with E-state index in [1.165, 1.54) is 5.39 Å². The number of anilines is 1. The second kappa shape index (κ2) is 4.89. The zero-order chi connectivity index (χ0) is 13.3. The lowest BCUT2D eigenvalue weighted by Gasteiger charge is -2.12. The van der Waals surface area contributed by atoms with E-state index >= 15 is 0 Å². The van der Waals surface area contributed by atoms with Crippen molar-refractivity contribution in [1.29, 1.82) is 0 Å². The van der Waals surface area contributed by atoms with Crippen molar-refractivity contribution >= 4 is 35.0 Å². The molecule has 0 aliphatic heterocycles. The summed E-state index contributed by atoms with van der Waals surface area (Å²) < 4.78 is 0. The summed E-state index contributed by atoms with van der Waals surface area (Å²) in [4.78, 5) is 12.0. The molecule has 0 saturated heterocycles. The number of rotatable bonds is 4. The maximum absolute atomic E-state index is 12.0. The van der Waals surface area contributed by atoms with Crippen LogP contribution in [0.1, 0.15) is 19.3 Å². The number of nitrogens with one attached hydrogen (secondary N) is 1. The van der Waals surface area contributed by atoms with Crippen LogP contribution in [0.4, 0.5) is 5.69 Å². The highest BCUT2D eigenvalue weighted by Gasteiger charge is 2.42. The van der Waals surface area contributed by atoms with Crippen molar-refractivity contribution in [2.24, 2.45) is 5.41 Å². The monoisotopic (exact) mass is 271 g/mol. The Balaban J connectivity index is 1.72. The average Bonchev–Trinajstić information content (AvgIpc) is 3.19. The number of fused-ring (bicyclic) bond motifs is 1. The van der Waals surface area contributed by atoms with E-state index in [2.05, 4.69) is 30.1 Å². The van der Waals surface area contributed by atoms with Gasteiger partial charge in [-0.2, -0.15) is 12.6 Å². The van der Waals surface area contributed by atoms with Crippen molar-refractivity contribution in [2.45, 2.75) is 19.3 Å². The first-order valence-corrected chi connectivity index (χ1v) is 7.24. The Bertz CT molecular complexity index is 619. The van der Waals surface area contributed by atoms with Crippen LogP contribution < -0.4 is 5.32 Å². The molecule has 19 heavy (non-hydrogen) atoms. The van der Waals surface area contributed by atoms with Gasteiger partial charge >= 0.3 is 0 Å². The molecule has 3 heteroatoms. The molecule has 1 amide bonds. The second-order valence-electron chi connectivity index (χ2n) is 5.44. The first kappa shape index (κ1) is 12.5. The number of hydrogen-bond acceptors (Lipinski definition) is 2. The van der Waals surface area contributed by atoms with Gasteiger partial charge in [0, 0.05) is 12.1 Å². The molecule has 1 aliphatic carbocycles. The normalized spacial score (nSPS) is 16.3. The molecule has 0 radical (unpaired) electrons. The van der Waals surface area contributed by atoms with E-state index in [4.69, 9.17) is 0 Å². The Labute approximate surface area is 118 Å². The summed E-state index contributed by atoms with van der Waals surface area (Å²) in [6.07, 6.45) is 2.84.